The second kappa shape index (κ2) is 7.33. The lowest BCUT2D eigenvalue weighted by molar-refractivity contribution is 0.411. The second-order valence-electron chi connectivity index (χ2n) is 4.83. The van der Waals surface area contributed by atoms with E-state index in [1.54, 1.807) is 7.11 Å². The first-order chi connectivity index (χ1) is 8.19. The third kappa shape index (κ3) is 4.39. The van der Waals surface area contributed by atoms with Crippen LogP contribution in [0.2, 0.25) is 0 Å². The number of hydrogen-bond acceptors (Lipinski definition) is 2. The van der Waals surface area contributed by atoms with E-state index in [1.807, 2.05) is 6.07 Å². The van der Waals surface area contributed by atoms with E-state index in [0.29, 0.717) is 11.8 Å². The molecule has 1 N–H and O–H groups in total. The molecule has 0 aliphatic rings. The Morgan fingerprint density at radius 1 is 1.29 bits per heavy atom. The number of hydrogen-bond donors (Lipinski definition) is 1. The Labute approximate surface area is 105 Å². The number of ether oxygens (including phenoxy) is 1. The summed E-state index contributed by atoms with van der Waals surface area (Å²) in [7, 11) is 1.72. The fourth-order valence-corrected chi connectivity index (χ4v) is 2.04. The van der Waals surface area contributed by atoms with Crippen molar-refractivity contribution in [1.82, 2.24) is 5.32 Å². The number of benzene rings is 1. The first-order valence-corrected chi connectivity index (χ1v) is 6.53. The molecule has 0 radical (unpaired) electrons. The zero-order valence-corrected chi connectivity index (χ0v) is 11.5. The molecule has 0 saturated carbocycles. The van der Waals surface area contributed by atoms with Gasteiger partial charge in [-0.15, -0.1) is 0 Å². The minimum atomic E-state index is 0.552. The van der Waals surface area contributed by atoms with E-state index in [0.717, 1.165) is 18.8 Å². The molecule has 0 heterocycles. The predicted molar refractivity (Wildman–Crippen MR) is 73.7 cm³/mol. The molecule has 1 unspecified atom stereocenters. The molecule has 1 aromatic carbocycles. The van der Waals surface area contributed by atoms with Crippen LogP contribution in [0.1, 0.15) is 38.7 Å². The molecular weight excluding hydrogens is 210 g/mol. The average Bonchev–Trinajstić information content (AvgIpc) is 2.34. The van der Waals surface area contributed by atoms with Gasteiger partial charge in [0.05, 0.1) is 7.11 Å². The highest BCUT2D eigenvalue weighted by Crippen LogP contribution is 2.26. The molecule has 1 aromatic rings. The van der Waals surface area contributed by atoms with Crippen LogP contribution in [0.15, 0.2) is 24.3 Å². The van der Waals surface area contributed by atoms with Crippen LogP contribution in [0.4, 0.5) is 0 Å². The van der Waals surface area contributed by atoms with Crippen LogP contribution in [-0.4, -0.2) is 20.2 Å². The van der Waals surface area contributed by atoms with Gasteiger partial charge < -0.3 is 10.1 Å². The van der Waals surface area contributed by atoms with Crippen LogP contribution < -0.4 is 10.1 Å². The van der Waals surface area contributed by atoms with Gasteiger partial charge in [-0.1, -0.05) is 32.9 Å². The summed E-state index contributed by atoms with van der Waals surface area (Å²) in [6.07, 6.45) is 1.18. The molecule has 2 heteroatoms. The normalized spacial score (nSPS) is 12.8. The SMILES string of the molecule is CCCNCC(c1cccc(OC)c1)C(C)C. The number of nitrogens with one attached hydrogen (secondary N) is 1. The minimum absolute atomic E-state index is 0.552. The topological polar surface area (TPSA) is 21.3 Å². The molecule has 2 nitrogen and oxygen atoms in total. The van der Waals surface area contributed by atoms with E-state index in [2.05, 4.69) is 44.3 Å². The quantitative estimate of drug-likeness (QED) is 0.731. The van der Waals surface area contributed by atoms with Gasteiger partial charge in [0.2, 0.25) is 0 Å². The zero-order valence-electron chi connectivity index (χ0n) is 11.5. The largest absolute Gasteiger partial charge is 0.497 e. The van der Waals surface area contributed by atoms with Gasteiger partial charge >= 0.3 is 0 Å². The smallest absolute Gasteiger partial charge is 0.119 e. The number of methoxy groups -OCH3 is 1. The van der Waals surface area contributed by atoms with E-state index >= 15 is 0 Å². The summed E-state index contributed by atoms with van der Waals surface area (Å²) in [5.41, 5.74) is 1.36. The molecule has 1 atom stereocenters. The lowest BCUT2D eigenvalue weighted by Crippen LogP contribution is -2.25. The van der Waals surface area contributed by atoms with Gasteiger partial charge in [-0.25, -0.2) is 0 Å². The standard InChI is InChI=1S/C15H25NO/c1-5-9-16-11-15(12(2)3)13-7-6-8-14(10-13)17-4/h6-8,10,12,15-16H,5,9,11H2,1-4H3. The molecule has 0 aromatic heterocycles. The Balaban J connectivity index is 2.74. The van der Waals surface area contributed by atoms with Crippen molar-refractivity contribution in [3.8, 4) is 5.75 Å². The lowest BCUT2D eigenvalue weighted by atomic mass is 9.88. The molecule has 0 amide bonds. The van der Waals surface area contributed by atoms with Crippen molar-refractivity contribution in [3.05, 3.63) is 29.8 Å². The van der Waals surface area contributed by atoms with Crippen molar-refractivity contribution in [1.29, 1.82) is 0 Å². The summed E-state index contributed by atoms with van der Waals surface area (Å²) in [5.74, 6) is 2.13. The van der Waals surface area contributed by atoms with Crippen molar-refractivity contribution >= 4 is 0 Å². The van der Waals surface area contributed by atoms with Crippen molar-refractivity contribution in [3.63, 3.8) is 0 Å². The van der Waals surface area contributed by atoms with Crippen LogP contribution in [0.5, 0.6) is 5.75 Å². The van der Waals surface area contributed by atoms with Gasteiger partial charge in [-0.3, -0.25) is 0 Å². The fraction of sp³-hybridized carbons (Fsp3) is 0.600. The maximum Gasteiger partial charge on any atom is 0.119 e. The van der Waals surface area contributed by atoms with E-state index in [1.165, 1.54) is 12.0 Å². The molecule has 0 spiro atoms. The Morgan fingerprint density at radius 2 is 2.06 bits per heavy atom. The highest BCUT2D eigenvalue weighted by atomic mass is 16.5. The van der Waals surface area contributed by atoms with Gasteiger partial charge in [-0.05, 0) is 42.5 Å². The number of rotatable bonds is 7. The average molecular weight is 235 g/mol. The van der Waals surface area contributed by atoms with Crippen molar-refractivity contribution in [2.45, 2.75) is 33.1 Å². The third-order valence-corrected chi connectivity index (χ3v) is 3.12. The molecule has 17 heavy (non-hydrogen) atoms. The second-order valence-corrected chi connectivity index (χ2v) is 4.83. The molecule has 0 fully saturated rings. The molecule has 0 saturated heterocycles. The van der Waals surface area contributed by atoms with E-state index in [9.17, 15) is 0 Å². The highest BCUT2D eigenvalue weighted by molar-refractivity contribution is 5.31. The van der Waals surface area contributed by atoms with Crippen LogP contribution >= 0.6 is 0 Å². The first kappa shape index (κ1) is 14.0. The summed E-state index contributed by atoms with van der Waals surface area (Å²) in [6, 6.07) is 8.42. The Hall–Kier alpha value is -1.02. The summed E-state index contributed by atoms with van der Waals surface area (Å²) in [4.78, 5) is 0. The highest BCUT2D eigenvalue weighted by Gasteiger charge is 2.15. The van der Waals surface area contributed by atoms with Crippen LogP contribution in [0.25, 0.3) is 0 Å². The molecule has 96 valence electrons. The summed E-state index contributed by atoms with van der Waals surface area (Å²) >= 11 is 0. The molecule has 0 bridgehead atoms. The van der Waals surface area contributed by atoms with Crippen molar-refractivity contribution < 1.29 is 4.74 Å². The first-order valence-electron chi connectivity index (χ1n) is 6.53. The van der Waals surface area contributed by atoms with E-state index in [4.69, 9.17) is 4.74 Å². The Morgan fingerprint density at radius 3 is 2.65 bits per heavy atom. The van der Waals surface area contributed by atoms with Gasteiger partial charge in [0.1, 0.15) is 5.75 Å². The molecule has 0 aliphatic carbocycles. The third-order valence-electron chi connectivity index (χ3n) is 3.12. The molecule has 1 rings (SSSR count). The fourth-order valence-electron chi connectivity index (χ4n) is 2.04. The van der Waals surface area contributed by atoms with Crippen LogP contribution in [0, 0.1) is 5.92 Å². The van der Waals surface area contributed by atoms with Gasteiger partial charge in [0, 0.05) is 6.54 Å². The minimum Gasteiger partial charge on any atom is -0.497 e. The van der Waals surface area contributed by atoms with Gasteiger partial charge in [0.25, 0.3) is 0 Å². The molecule has 0 aliphatic heterocycles. The predicted octanol–water partition coefficient (Wildman–Crippen LogP) is 3.43. The Kier molecular flexibility index (Phi) is 6.06. The maximum atomic E-state index is 5.29. The summed E-state index contributed by atoms with van der Waals surface area (Å²) in [6.45, 7) is 8.88. The monoisotopic (exact) mass is 235 g/mol. The molecular formula is C15H25NO. The van der Waals surface area contributed by atoms with Gasteiger partial charge in [0.15, 0.2) is 0 Å². The van der Waals surface area contributed by atoms with Gasteiger partial charge in [-0.2, -0.15) is 0 Å². The van der Waals surface area contributed by atoms with Crippen LogP contribution in [-0.2, 0) is 0 Å². The summed E-state index contributed by atoms with van der Waals surface area (Å²) in [5, 5.41) is 3.51. The van der Waals surface area contributed by atoms with Crippen molar-refractivity contribution in [2.24, 2.45) is 5.92 Å². The lowest BCUT2D eigenvalue weighted by Gasteiger charge is -2.22. The zero-order chi connectivity index (χ0) is 12.7. The summed E-state index contributed by atoms with van der Waals surface area (Å²) < 4.78 is 5.29. The van der Waals surface area contributed by atoms with Crippen LogP contribution in [0.3, 0.4) is 0 Å². The Bertz CT molecular complexity index is 322. The van der Waals surface area contributed by atoms with Crippen molar-refractivity contribution in [2.75, 3.05) is 20.2 Å². The van der Waals surface area contributed by atoms with E-state index in [-0.39, 0.29) is 0 Å². The maximum absolute atomic E-state index is 5.29. The van der Waals surface area contributed by atoms with E-state index < -0.39 is 0 Å².